The molecule has 100 valence electrons. The fraction of sp³-hybridized carbons (Fsp3) is 0.533. The SMILES string of the molecule is CCC(C)(C)N(C)CCC(=O)c1ccccc1F. The monoisotopic (exact) mass is 251 g/mol. The van der Waals surface area contributed by atoms with Crippen LogP contribution in [0.3, 0.4) is 0 Å². The Morgan fingerprint density at radius 3 is 2.50 bits per heavy atom. The number of ketones is 1. The van der Waals surface area contributed by atoms with Crippen molar-refractivity contribution in [3.05, 3.63) is 35.6 Å². The summed E-state index contributed by atoms with van der Waals surface area (Å²) in [5.41, 5.74) is 0.260. The average molecular weight is 251 g/mol. The summed E-state index contributed by atoms with van der Waals surface area (Å²) in [5.74, 6) is -0.563. The number of benzene rings is 1. The van der Waals surface area contributed by atoms with Crippen molar-refractivity contribution in [1.82, 2.24) is 4.90 Å². The molecular formula is C15H22FNO. The predicted octanol–water partition coefficient (Wildman–Crippen LogP) is 3.52. The van der Waals surface area contributed by atoms with Gasteiger partial charge >= 0.3 is 0 Å². The molecule has 3 heteroatoms. The largest absolute Gasteiger partial charge is 0.301 e. The first-order valence-corrected chi connectivity index (χ1v) is 6.37. The normalized spacial score (nSPS) is 11.9. The number of carbonyl (C=O) groups is 1. The van der Waals surface area contributed by atoms with Gasteiger partial charge < -0.3 is 4.90 Å². The quantitative estimate of drug-likeness (QED) is 0.721. The van der Waals surface area contributed by atoms with Crippen molar-refractivity contribution < 1.29 is 9.18 Å². The topological polar surface area (TPSA) is 20.3 Å². The lowest BCUT2D eigenvalue weighted by atomic mass is 9.99. The first kappa shape index (κ1) is 14.8. The van der Waals surface area contributed by atoms with E-state index in [1.54, 1.807) is 18.2 Å². The van der Waals surface area contributed by atoms with Gasteiger partial charge in [0.2, 0.25) is 0 Å². The summed E-state index contributed by atoms with van der Waals surface area (Å²) < 4.78 is 13.4. The van der Waals surface area contributed by atoms with E-state index in [0.29, 0.717) is 13.0 Å². The van der Waals surface area contributed by atoms with Crippen LogP contribution in [0.25, 0.3) is 0 Å². The third-order valence-electron chi connectivity index (χ3n) is 3.75. The van der Waals surface area contributed by atoms with E-state index in [9.17, 15) is 9.18 Å². The minimum atomic E-state index is -0.431. The van der Waals surface area contributed by atoms with E-state index in [1.807, 2.05) is 7.05 Å². The van der Waals surface area contributed by atoms with Gasteiger partial charge in [0.25, 0.3) is 0 Å². The summed E-state index contributed by atoms with van der Waals surface area (Å²) in [6, 6.07) is 6.16. The van der Waals surface area contributed by atoms with E-state index >= 15 is 0 Å². The van der Waals surface area contributed by atoms with Crippen LogP contribution in [0.15, 0.2) is 24.3 Å². The van der Waals surface area contributed by atoms with E-state index in [0.717, 1.165) is 6.42 Å². The minimum Gasteiger partial charge on any atom is -0.301 e. The maximum Gasteiger partial charge on any atom is 0.167 e. The molecule has 1 aromatic rings. The van der Waals surface area contributed by atoms with Crippen LogP contribution < -0.4 is 0 Å². The highest BCUT2D eigenvalue weighted by Crippen LogP contribution is 2.17. The first-order valence-electron chi connectivity index (χ1n) is 6.37. The van der Waals surface area contributed by atoms with E-state index in [2.05, 4.69) is 25.7 Å². The van der Waals surface area contributed by atoms with Crippen molar-refractivity contribution in [3.63, 3.8) is 0 Å². The molecule has 0 saturated heterocycles. The van der Waals surface area contributed by atoms with Crippen LogP contribution in [0.1, 0.15) is 44.0 Å². The second-order valence-corrected chi connectivity index (χ2v) is 5.24. The Kier molecular flexibility index (Phi) is 5.03. The molecule has 0 aliphatic heterocycles. The third kappa shape index (κ3) is 3.64. The van der Waals surface area contributed by atoms with Gasteiger partial charge in [-0.2, -0.15) is 0 Å². The summed E-state index contributed by atoms with van der Waals surface area (Å²) >= 11 is 0. The Hall–Kier alpha value is -1.22. The van der Waals surface area contributed by atoms with Crippen molar-refractivity contribution in [2.24, 2.45) is 0 Å². The molecule has 0 atom stereocenters. The van der Waals surface area contributed by atoms with Crippen LogP contribution in [0.4, 0.5) is 4.39 Å². The highest BCUT2D eigenvalue weighted by Gasteiger charge is 2.21. The molecule has 1 aromatic carbocycles. The molecular weight excluding hydrogens is 229 g/mol. The van der Waals surface area contributed by atoms with Crippen molar-refractivity contribution in [2.75, 3.05) is 13.6 Å². The zero-order valence-corrected chi connectivity index (χ0v) is 11.7. The Labute approximate surface area is 109 Å². The zero-order chi connectivity index (χ0) is 13.8. The van der Waals surface area contributed by atoms with Gasteiger partial charge in [-0.15, -0.1) is 0 Å². The van der Waals surface area contributed by atoms with E-state index in [1.165, 1.54) is 6.07 Å². The van der Waals surface area contributed by atoms with E-state index in [4.69, 9.17) is 0 Å². The zero-order valence-electron chi connectivity index (χ0n) is 11.7. The molecule has 2 nitrogen and oxygen atoms in total. The van der Waals surface area contributed by atoms with Gasteiger partial charge in [0, 0.05) is 18.5 Å². The lowest BCUT2D eigenvalue weighted by Crippen LogP contribution is -2.41. The van der Waals surface area contributed by atoms with Gasteiger partial charge in [0.05, 0.1) is 5.56 Å². The first-order chi connectivity index (χ1) is 8.38. The molecule has 1 rings (SSSR count). The van der Waals surface area contributed by atoms with Gasteiger partial charge in [-0.1, -0.05) is 19.1 Å². The third-order valence-corrected chi connectivity index (χ3v) is 3.75. The summed E-state index contributed by atoms with van der Waals surface area (Å²) in [6.07, 6.45) is 1.36. The molecule has 0 aliphatic rings. The molecule has 0 heterocycles. The van der Waals surface area contributed by atoms with Gasteiger partial charge in [-0.25, -0.2) is 4.39 Å². The Morgan fingerprint density at radius 1 is 1.33 bits per heavy atom. The molecule has 0 saturated carbocycles. The fourth-order valence-electron chi connectivity index (χ4n) is 1.66. The summed E-state index contributed by atoms with van der Waals surface area (Å²) in [7, 11) is 2.00. The average Bonchev–Trinajstić information content (AvgIpc) is 2.36. The highest BCUT2D eigenvalue weighted by molar-refractivity contribution is 5.96. The number of hydrogen-bond donors (Lipinski definition) is 0. The lowest BCUT2D eigenvalue weighted by molar-refractivity contribution is 0.0925. The summed E-state index contributed by atoms with van der Waals surface area (Å²) in [4.78, 5) is 14.1. The molecule has 0 bridgehead atoms. The molecule has 0 fully saturated rings. The van der Waals surface area contributed by atoms with Crippen LogP contribution in [-0.4, -0.2) is 29.8 Å². The molecule has 18 heavy (non-hydrogen) atoms. The maximum absolute atomic E-state index is 13.4. The molecule has 0 amide bonds. The van der Waals surface area contributed by atoms with Crippen LogP contribution in [-0.2, 0) is 0 Å². The molecule has 0 unspecified atom stereocenters. The van der Waals surface area contributed by atoms with E-state index < -0.39 is 5.82 Å². The number of halogens is 1. The summed E-state index contributed by atoms with van der Waals surface area (Å²) in [6.45, 7) is 7.05. The van der Waals surface area contributed by atoms with Gasteiger partial charge in [0.15, 0.2) is 5.78 Å². The minimum absolute atomic E-state index is 0.0650. The number of nitrogens with zero attached hydrogens (tertiary/aromatic N) is 1. The van der Waals surface area contributed by atoms with Gasteiger partial charge in [0.1, 0.15) is 5.82 Å². The standard InChI is InChI=1S/C15H22FNO/c1-5-15(2,3)17(4)11-10-14(18)12-8-6-7-9-13(12)16/h6-9H,5,10-11H2,1-4H3. The number of carbonyl (C=O) groups excluding carboxylic acids is 1. The predicted molar refractivity (Wildman–Crippen MR) is 72.3 cm³/mol. The highest BCUT2D eigenvalue weighted by atomic mass is 19.1. The van der Waals surface area contributed by atoms with Gasteiger partial charge in [-0.3, -0.25) is 4.79 Å². The van der Waals surface area contributed by atoms with Crippen molar-refractivity contribution in [2.45, 2.75) is 39.2 Å². The number of hydrogen-bond acceptors (Lipinski definition) is 2. The van der Waals surface area contributed by atoms with Crippen LogP contribution >= 0.6 is 0 Å². The maximum atomic E-state index is 13.4. The molecule has 0 aromatic heterocycles. The smallest absolute Gasteiger partial charge is 0.167 e. The molecule has 0 N–H and O–H groups in total. The van der Waals surface area contributed by atoms with Crippen LogP contribution in [0.2, 0.25) is 0 Å². The number of rotatable bonds is 6. The lowest BCUT2D eigenvalue weighted by Gasteiger charge is -2.34. The molecule has 0 aliphatic carbocycles. The molecule has 0 spiro atoms. The van der Waals surface area contributed by atoms with Crippen molar-refractivity contribution in [1.29, 1.82) is 0 Å². The van der Waals surface area contributed by atoms with Crippen LogP contribution in [0.5, 0.6) is 0 Å². The second kappa shape index (κ2) is 6.10. The fourth-order valence-corrected chi connectivity index (χ4v) is 1.66. The molecule has 0 radical (unpaired) electrons. The Morgan fingerprint density at radius 2 is 1.94 bits per heavy atom. The van der Waals surface area contributed by atoms with Gasteiger partial charge in [-0.05, 0) is 39.4 Å². The summed E-state index contributed by atoms with van der Waals surface area (Å²) in [5, 5.41) is 0. The second-order valence-electron chi connectivity index (χ2n) is 5.24. The van der Waals surface area contributed by atoms with Crippen LogP contribution in [0, 0.1) is 5.82 Å². The van der Waals surface area contributed by atoms with E-state index in [-0.39, 0.29) is 16.9 Å². The van der Waals surface area contributed by atoms with Crippen molar-refractivity contribution in [3.8, 4) is 0 Å². The number of Topliss-reactive ketones (excluding diaryl/α,β-unsaturated/α-hetero) is 1. The Balaban J connectivity index is 2.60. The van der Waals surface area contributed by atoms with Crippen molar-refractivity contribution >= 4 is 5.78 Å². The Bertz CT molecular complexity index is 415.